The highest BCUT2D eigenvalue weighted by molar-refractivity contribution is 7.89. The molecule has 0 aromatic heterocycles. The van der Waals surface area contributed by atoms with Gasteiger partial charge in [-0.3, -0.25) is 25.3 Å². The van der Waals surface area contributed by atoms with Gasteiger partial charge in [-0.15, -0.1) is 0 Å². The quantitative estimate of drug-likeness (QED) is 0.554. The van der Waals surface area contributed by atoms with Crippen LogP contribution in [0.3, 0.4) is 0 Å². The summed E-state index contributed by atoms with van der Waals surface area (Å²) in [5, 5.41) is 0. The van der Waals surface area contributed by atoms with E-state index in [1.807, 2.05) is 6.92 Å². The lowest BCUT2D eigenvalue weighted by molar-refractivity contribution is -0.128. The third-order valence-corrected chi connectivity index (χ3v) is 5.78. The van der Waals surface area contributed by atoms with Gasteiger partial charge in [-0.05, 0) is 56.3 Å². The van der Waals surface area contributed by atoms with Crippen molar-refractivity contribution < 1.29 is 32.3 Å². The number of hydroxylamine groups is 1. The molecule has 2 amide bonds. The van der Waals surface area contributed by atoms with Crippen LogP contribution in [0.4, 0.5) is 0 Å². The molecule has 0 heterocycles. The number of ether oxygens (including phenoxy) is 2. The lowest BCUT2D eigenvalue weighted by Gasteiger charge is -2.16. The molecule has 31 heavy (non-hydrogen) atoms. The van der Waals surface area contributed by atoms with Crippen LogP contribution in [0.1, 0.15) is 24.2 Å². The fourth-order valence-corrected chi connectivity index (χ4v) is 3.39. The molecule has 0 saturated heterocycles. The minimum atomic E-state index is -3.92. The molecular formula is C20H25N3O7S. The van der Waals surface area contributed by atoms with Crippen LogP contribution in [-0.4, -0.2) is 51.6 Å². The van der Waals surface area contributed by atoms with Crippen LogP contribution in [0, 0.1) is 0 Å². The number of hydrogen-bond acceptors (Lipinski definition) is 7. The Kier molecular flexibility index (Phi) is 8.37. The molecule has 10 nitrogen and oxygen atoms in total. The van der Waals surface area contributed by atoms with Gasteiger partial charge < -0.3 is 9.47 Å². The first-order valence-electron chi connectivity index (χ1n) is 9.31. The van der Waals surface area contributed by atoms with Gasteiger partial charge in [-0.2, -0.15) is 0 Å². The van der Waals surface area contributed by atoms with Gasteiger partial charge >= 0.3 is 0 Å². The van der Waals surface area contributed by atoms with Gasteiger partial charge in [-0.25, -0.2) is 8.42 Å². The minimum Gasteiger partial charge on any atom is -0.494 e. The van der Waals surface area contributed by atoms with Crippen molar-refractivity contribution in [3.8, 4) is 11.5 Å². The average Bonchev–Trinajstić information content (AvgIpc) is 2.78. The van der Waals surface area contributed by atoms with Crippen LogP contribution in [-0.2, 0) is 19.7 Å². The molecule has 0 saturated carbocycles. The first kappa shape index (κ1) is 24.1. The van der Waals surface area contributed by atoms with Gasteiger partial charge in [0.25, 0.3) is 21.8 Å². The molecule has 11 heteroatoms. The van der Waals surface area contributed by atoms with Crippen molar-refractivity contribution in [2.24, 2.45) is 0 Å². The Labute approximate surface area is 181 Å². The van der Waals surface area contributed by atoms with Crippen LogP contribution in [0.2, 0.25) is 0 Å². The molecule has 0 aliphatic carbocycles. The third-order valence-electron chi connectivity index (χ3n) is 4.11. The predicted octanol–water partition coefficient (Wildman–Crippen LogP) is 1.50. The normalized spacial score (nSPS) is 12.2. The molecule has 1 unspecified atom stereocenters. The summed E-state index contributed by atoms with van der Waals surface area (Å²) in [7, 11) is -1.48. The van der Waals surface area contributed by atoms with Gasteiger partial charge in [0.2, 0.25) is 0 Å². The van der Waals surface area contributed by atoms with Gasteiger partial charge in [0.05, 0.1) is 18.6 Å². The highest BCUT2D eigenvalue weighted by Crippen LogP contribution is 2.19. The molecule has 0 radical (unpaired) electrons. The van der Waals surface area contributed by atoms with E-state index in [1.54, 1.807) is 24.3 Å². The van der Waals surface area contributed by atoms with Crippen LogP contribution >= 0.6 is 0 Å². The Morgan fingerprint density at radius 3 is 2.32 bits per heavy atom. The van der Waals surface area contributed by atoms with Crippen molar-refractivity contribution in [3.05, 3.63) is 54.1 Å². The number of nitrogens with zero attached hydrogens (tertiary/aromatic N) is 1. The Hall–Kier alpha value is -3.15. The highest BCUT2D eigenvalue weighted by Gasteiger charge is 2.22. The minimum absolute atomic E-state index is 0.0333. The van der Waals surface area contributed by atoms with Crippen molar-refractivity contribution in [2.75, 3.05) is 20.8 Å². The molecule has 0 bridgehead atoms. The number of rotatable bonds is 9. The average molecular weight is 452 g/mol. The molecular weight excluding hydrogens is 426 g/mol. The maximum atomic E-state index is 12.3. The molecule has 0 aliphatic rings. The largest absolute Gasteiger partial charge is 0.494 e. The Morgan fingerprint density at radius 2 is 1.71 bits per heavy atom. The molecule has 0 spiro atoms. The van der Waals surface area contributed by atoms with Crippen LogP contribution in [0.15, 0.2) is 53.4 Å². The van der Waals surface area contributed by atoms with Crippen molar-refractivity contribution in [3.63, 3.8) is 0 Å². The summed E-state index contributed by atoms with van der Waals surface area (Å²) in [6, 6.07) is 12.1. The molecule has 2 rings (SSSR count). The molecule has 1 atom stereocenters. The molecule has 2 N–H and O–H groups in total. The molecule has 2 aromatic carbocycles. The lowest BCUT2D eigenvalue weighted by atomic mass is 10.2. The zero-order valence-electron chi connectivity index (χ0n) is 17.6. The van der Waals surface area contributed by atoms with Crippen molar-refractivity contribution >= 4 is 21.8 Å². The Morgan fingerprint density at radius 1 is 1.06 bits per heavy atom. The van der Waals surface area contributed by atoms with E-state index in [0.29, 0.717) is 22.6 Å². The number of benzene rings is 2. The number of nitrogens with one attached hydrogen (secondary N) is 2. The molecule has 2 aromatic rings. The van der Waals surface area contributed by atoms with E-state index in [4.69, 9.17) is 14.3 Å². The smallest absolute Gasteiger partial charge is 0.279 e. The summed E-state index contributed by atoms with van der Waals surface area (Å²) in [4.78, 5) is 29.1. The first-order valence-corrected chi connectivity index (χ1v) is 10.8. The number of sulfonamides is 1. The van der Waals surface area contributed by atoms with Gasteiger partial charge in [0, 0.05) is 12.6 Å². The van der Waals surface area contributed by atoms with Crippen LogP contribution in [0.25, 0.3) is 0 Å². The topological polar surface area (TPSA) is 123 Å². The van der Waals surface area contributed by atoms with E-state index >= 15 is 0 Å². The number of carbonyl (C=O) groups excluding carboxylic acids is 2. The standard InChI is InChI=1S/C20H25N3O7S/c1-5-29-16-9-11-17(12-10-16)30-14(2)19(24)21-22-20(25)15-7-6-8-18(13-15)31(26,27)23(3)28-4/h6-14H,5H2,1-4H3,(H,21,24)(H,22,25). The summed E-state index contributed by atoms with van der Waals surface area (Å²) < 4.78 is 36.1. The second-order valence-corrected chi connectivity index (χ2v) is 8.17. The van der Waals surface area contributed by atoms with E-state index in [1.165, 1.54) is 45.3 Å². The molecule has 168 valence electrons. The summed E-state index contributed by atoms with van der Waals surface area (Å²) >= 11 is 0. The van der Waals surface area contributed by atoms with Crippen LogP contribution < -0.4 is 20.3 Å². The van der Waals surface area contributed by atoms with Crippen molar-refractivity contribution in [1.82, 2.24) is 15.3 Å². The molecule has 0 aliphatic heterocycles. The zero-order valence-corrected chi connectivity index (χ0v) is 18.4. The second kappa shape index (κ2) is 10.8. The Bertz CT molecular complexity index is 1010. The fraction of sp³-hybridized carbons (Fsp3) is 0.300. The molecule has 0 fully saturated rings. The van der Waals surface area contributed by atoms with Gasteiger partial charge in [0.15, 0.2) is 6.10 Å². The van der Waals surface area contributed by atoms with Gasteiger partial charge in [-0.1, -0.05) is 10.5 Å². The number of carbonyl (C=O) groups is 2. The second-order valence-electron chi connectivity index (χ2n) is 6.23. The third kappa shape index (κ3) is 6.41. The summed E-state index contributed by atoms with van der Waals surface area (Å²) in [6.07, 6.45) is -0.902. The summed E-state index contributed by atoms with van der Waals surface area (Å²) in [6.45, 7) is 3.93. The van der Waals surface area contributed by atoms with E-state index in [-0.39, 0.29) is 10.5 Å². The SMILES string of the molecule is CCOc1ccc(OC(C)C(=O)NNC(=O)c2cccc(S(=O)(=O)N(C)OC)c2)cc1. The Balaban J connectivity index is 1.96. The maximum absolute atomic E-state index is 12.3. The van der Waals surface area contributed by atoms with E-state index in [0.717, 1.165) is 0 Å². The van der Waals surface area contributed by atoms with Crippen LogP contribution in [0.5, 0.6) is 11.5 Å². The highest BCUT2D eigenvalue weighted by atomic mass is 32.2. The van der Waals surface area contributed by atoms with E-state index < -0.39 is 27.9 Å². The first-order chi connectivity index (χ1) is 14.7. The maximum Gasteiger partial charge on any atom is 0.279 e. The van der Waals surface area contributed by atoms with Gasteiger partial charge in [0.1, 0.15) is 11.5 Å². The number of amides is 2. The van der Waals surface area contributed by atoms with E-state index in [2.05, 4.69) is 10.9 Å². The van der Waals surface area contributed by atoms with Crippen molar-refractivity contribution in [1.29, 1.82) is 0 Å². The monoisotopic (exact) mass is 451 g/mol. The van der Waals surface area contributed by atoms with E-state index in [9.17, 15) is 18.0 Å². The number of hydrogen-bond donors (Lipinski definition) is 2. The summed E-state index contributed by atoms with van der Waals surface area (Å²) in [5.41, 5.74) is 4.52. The zero-order chi connectivity index (χ0) is 23.0. The summed E-state index contributed by atoms with van der Waals surface area (Å²) in [5.74, 6) is -0.151. The predicted molar refractivity (Wildman–Crippen MR) is 112 cm³/mol. The number of hydrazine groups is 1. The lowest BCUT2D eigenvalue weighted by Crippen LogP contribution is -2.47. The fourth-order valence-electron chi connectivity index (χ4n) is 2.38. The van der Waals surface area contributed by atoms with Crippen molar-refractivity contribution in [2.45, 2.75) is 24.8 Å².